The maximum Gasteiger partial charge on any atom is 0.343 e. The molecule has 5 heteroatoms. The monoisotopic (exact) mass is 280 g/mol. The van der Waals surface area contributed by atoms with E-state index in [0.29, 0.717) is 22.6 Å². The van der Waals surface area contributed by atoms with E-state index in [1.54, 1.807) is 36.4 Å². The van der Waals surface area contributed by atoms with Crippen LogP contribution in [0, 0.1) is 11.3 Å². The van der Waals surface area contributed by atoms with Gasteiger partial charge in [-0.1, -0.05) is 0 Å². The van der Waals surface area contributed by atoms with Crippen LogP contribution in [0.2, 0.25) is 0 Å². The molecule has 0 spiro atoms. The highest BCUT2D eigenvalue weighted by Crippen LogP contribution is 2.17. The van der Waals surface area contributed by atoms with E-state index in [2.05, 4.69) is 5.32 Å². The van der Waals surface area contributed by atoms with Gasteiger partial charge in [-0.2, -0.15) is 5.26 Å². The van der Waals surface area contributed by atoms with Gasteiger partial charge in [-0.3, -0.25) is 4.79 Å². The van der Waals surface area contributed by atoms with Gasteiger partial charge in [0.25, 0.3) is 0 Å². The number of hydrogen-bond donors (Lipinski definition) is 1. The van der Waals surface area contributed by atoms with Gasteiger partial charge in [-0.25, -0.2) is 4.79 Å². The van der Waals surface area contributed by atoms with Crippen LogP contribution in [0.4, 0.5) is 5.69 Å². The quantitative estimate of drug-likeness (QED) is 0.692. The number of esters is 1. The molecule has 0 aliphatic carbocycles. The van der Waals surface area contributed by atoms with Gasteiger partial charge in [0.05, 0.1) is 17.2 Å². The minimum Gasteiger partial charge on any atom is -0.423 e. The zero-order chi connectivity index (χ0) is 15.2. The van der Waals surface area contributed by atoms with Crippen LogP contribution in [0.1, 0.15) is 22.8 Å². The van der Waals surface area contributed by atoms with Gasteiger partial charge >= 0.3 is 5.97 Å². The first kappa shape index (κ1) is 14.3. The largest absolute Gasteiger partial charge is 0.423 e. The van der Waals surface area contributed by atoms with Crippen molar-refractivity contribution in [2.24, 2.45) is 0 Å². The molecule has 0 radical (unpaired) electrons. The lowest BCUT2D eigenvalue weighted by Crippen LogP contribution is -2.09. The summed E-state index contributed by atoms with van der Waals surface area (Å²) in [6, 6.07) is 14.6. The number of carbonyl (C=O) groups excluding carboxylic acids is 2. The summed E-state index contributed by atoms with van der Waals surface area (Å²) in [4.78, 5) is 22.8. The highest BCUT2D eigenvalue weighted by Gasteiger charge is 2.08. The van der Waals surface area contributed by atoms with E-state index in [1.165, 1.54) is 19.1 Å². The Labute approximate surface area is 121 Å². The lowest BCUT2D eigenvalue weighted by atomic mass is 10.1. The van der Waals surface area contributed by atoms with Crippen molar-refractivity contribution in [1.82, 2.24) is 0 Å². The van der Waals surface area contributed by atoms with Crippen molar-refractivity contribution >= 4 is 17.6 Å². The van der Waals surface area contributed by atoms with Gasteiger partial charge in [0.2, 0.25) is 5.91 Å². The molecule has 0 saturated carbocycles. The predicted octanol–water partition coefficient (Wildman–Crippen LogP) is 2.74. The molecule has 0 bridgehead atoms. The third-order valence-electron chi connectivity index (χ3n) is 2.63. The van der Waals surface area contributed by atoms with E-state index in [4.69, 9.17) is 10.00 Å². The number of nitriles is 1. The molecule has 0 atom stereocenters. The molecule has 0 aliphatic heterocycles. The van der Waals surface area contributed by atoms with Crippen molar-refractivity contribution in [3.05, 3.63) is 59.7 Å². The smallest absolute Gasteiger partial charge is 0.343 e. The molecule has 2 aromatic rings. The number of nitrogens with one attached hydrogen (secondary N) is 1. The van der Waals surface area contributed by atoms with E-state index in [9.17, 15) is 9.59 Å². The molecular formula is C16H12N2O3. The van der Waals surface area contributed by atoms with E-state index in [0.717, 1.165) is 0 Å². The Morgan fingerprint density at radius 1 is 1.05 bits per heavy atom. The molecule has 0 heterocycles. The van der Waals surface area contributed by atoms with Crippen molar-refractivity contribution in [3.63, 3.8) is 0 Å². The summed E-state index contributed by atoms with van der Waals surface area (Å²) in [5, 5.41) is 11.3. The number of carbonyl (C=O) groups is 2. The number of rotatable bonds is 3. The molecular weight excluding hydrogens is 268 g/mol. The second kappa shape index (κ2) is 6.35. The molecule has 5 nitrogen and oxygen atoms in total. The van der Waals surface area contributed by atoms with Gasteiger partial charge in [-0.15, -0.1) is 0 Å². The van der Waals surface area contributed by atoms with Crippen LogP contribution in [0.5, 0.6) is 5.75 Å². The fourth-order valence-electron chi connectivity index (χ4n) is 1.66. The number of hydrogen-bond acceptors (Lipinski definition) is 4. The lowest BCUT2D eigenvalue weighted by Gasteiger charge is -2.06. The summed E-state index contributed by atoms with van der Waals surface area (Å²) in [6.45, 7) is 1.42. The van der Waals surface area contributed by atoms with Gasteiger partial charge in [0.15, 0.2) is 0 Å². The summed E-state index contributed by atoms with van der Waals surface area (Å²) in [5.74, 6) is -0.303. The molecule has 1 N–H and O–H groups in total. The van der Waals surface area contributed by atoms with Crippen LogP contribution in [0.25, 0.3) is 0 Å². The first-order valence-corrected chi connectivity index (χ1v) is 6.18. The Hall–Kier alpha value is -3.13. The van der Waals surface area contributed by atoms with Gasteiger partial charge in [0.1, 0.15) is 5.75 Å². The number of anilines is 1. The third-order valence-corrected chi connectivity index (χ3v) is 2.63. The summed E-state index contributed by atoms with van der Waals surface area (Å²) in [6.07, 6.45) is 0. The van der Waals surface area contributed by atoms with Crippen molar-refractivity contribution in [3.8, 4) is 11.8 Å². The van der Waals surface area contributed by atoms with Crippen molar-refractivity contribution in [2.75, 3.05) is 5.32 Å². The SMILES string of the molecule is CC(=O)Nc1ccc(OC(=O)c2ccc(C#N)cc2)cc1. The van der Waals surface area contributed by atoms with Crippen LogP contribution in [-0.4, -0.2) is 11.9 Å². The third kappa shape index (κ3) is 3.91. The molecule has 0 fully saturated rings. The van der Waals surface area contributed by atoms with E-state index < -0.39 is 5.97 Å². The minimum atomic E-state index is -0.508. The van der Waals surface area contributed by atoms with Crippen LogP contribution in [-0.2, 0) is 4.79 Å². The van der Waals surface area contributed by atoms with Crippen molar-refractivity contribution < 1.29 is 14.3 Å². The highest BCUT2D eigenvalue weighted by molar-refractivity contribution is 5.91. The maximum absolute atomic E-state index is 11.9. The Morgan fingerprint density at radius 3 is 2.19 bits per heavy atom. The highest BCUT2D eigenvalue weighted by atomic mass is 16.5. The van der Waals surface area contributed by atoms with Gasteiger partial charge in [-0.05, 0) is 48.5 Å². The second-order valence-corrected chi connectivity index (χ2v) is 4.28. The van der Waals surface area contributed by atoms with Crippen LogP contribution in [0.3, 0.4) is 0 Å². The first-order chi connectivity index (χ1) is 10.1. The van der Waals surface area contributed by atoms with E-state index >= 15 is 0 Å². The Morgan fingerprint density at radius 2 is 1.67 bits per heavy atom. The predicted molar refractivity (Wildman–Crippen MR) is 76.9 cm³/mol. The summed E-state index contributed by atoms with van der Waals surface area (Å²) >= 11 is 0. The molecule has 0 saturated heterocycles. The summed E-state index contributed by atoms with van der Waals surface area (Å²) in [7, 11) is 0. The zero-order valence-corrected chi connectivity index (χ0v) is 11.3. The fraction of sp³-hybridized carbons (Fsp3) is 0.0625. The average Bonchev–Trinajstić information content (AvgIpc) is 2.49. The second-order valence-electron chi connectivity index (χ2n) is 4.28. The molecule has 1 amide bonds. The Balaban J connectivity index is 2.05. The molecule has 0 aliphatic rings. The van der Waals surface area contributed by atoms with Gasteiger partial charge in [0, 0.05) is 12.6 Å². The average molecular weight is 280 g/mol. The van der Waals surface area contributed by atoms with Crippen LogP contribution >= 0.6 is 0 Å². The normalized spacial score (nSPS) is 9.52. The summed E-state index contributed by atoms with van der Waals surface area (Å²) in [5.41, 5.74) is 1.46. The molecule has 2 aromatic carbocycles. The Bertz CT molecular complexity index is 698. The topological polar surface area (TPSA) is 79.2 Å². The van der Waals surface area contributed by atoms with Gasteiger partial charge < -0.3 is 10.1 Å². The lowest BCUT2D eigenvalue weighted by molar-refractivity contribution is -0.114. The fourth-order valence-corrected chi connectivity index (χ4v) is 1.66. The molecule has 2 rings (SSSR count). The van der Waals surface area contributed by atoms with Crippen molar-refractivity contribution in [2.45, 2.75) is 6.92 Å². The number of benzene rings is 2. The maximum atomic E-state index is 11.9. The molecule has 0 aromatic heterocycles. The molecule has 0 unspecified atom stereocenters. The van der Waals surface area contributed by atoms with Crippen LogP contribution < -0.4 is 10.1 Å². The van der Waals surface area contributed by atoms with E-state index in [1.807, 2.05) is 6.07 Å². The number of nitrogens with zero attached hydrogens (tertiary/aromatic N) is 1. The zero-order valence-electron chi connectivity index (χ0n) is 11.3. The molecule has 21 heavy (non-hydrogen) atoms. The summed E-state index contributed by atoms with van der Waals surface area (Å²) < 4.78 is 5.20. The van der Waals surface area contributed by atoms with E-state index in [-0.39, 0.29) is 5.91 Å². The minimum absolute atomic E-state index is 0.169. The first-order valence-electron chi connectivity index (χ1n) is 6.18. The van der Waals surface area contributed by atoms with Crippen LogP contribution in [0.15, 0.2) is 48.5 Å². The Kier molecular flexibility index (Phi) is 4.32. The number of amides is 1. The standard InChI is InChI=1S/C16H12N2O3/c1-11(19)18-14-6-8-15(9-7-14)21-16(20)13-4-2-12(10-17)3-5-13/h2-9H,1H3,(H,18,19). The number of ether oxygens (including phenoxy) is 1. The molecule has 104 valence electrons. The van der Waals surface area contributed by atoms with Crippen molar-refractivity contribution in [1.29, 1.82) is 5.26 Å².